The van der Waals surface area contributed by atoms with Gasteiger partial charge >= 0.3 is 6.18 Å². The van der Waals surface area contributed by atoms with E-state index in [1.165, 1.54) is 11.7 Å². The highest BCUT2D eigenvalue weighted by Gasteiger charge is 2.36. The summed E-state index contributed by atoms with van der Waals surface area (Å²) in [5, 5.41) is 6.77. The van der Waals surface area contributed by atoms with Gasteiger partial charge in [0.15, 0.2) is 12.3 Å². The summed E-state index contributed by atoms with van der Waals surface area (Å²) in [4.78, 5) is 16.4. The van der Waals surface area contributed by atoms with Crippen molar-refractivity contribution < 1.29 is 22.7 Å². The van der Waals surface area contributed by atoms with E-state index in [0.717, 1.165) is 11.6 Å². The second-order valence-electron chi connectivity index (χ2n) is 7.25. The highest BCUT2D eigenvalue weighted by atomic mass is 19.4. The average molecular weight is 440 g/mol. The molecule has 32 heavy (non-hydrogen) atoms. The Hall–Kier alpha value is -3.88. The molecule has 0 bridgehead atoms. The molecule has 0 unspecified atom stereocenters. The smallest absolute Gasteiger partial charge is 0.417 e. The summed E-state index contributed by atoms with van der Waals surface area (Å²) in [7, 11) is 1.51. The van der Waals surface area contributed by atoms with Crippen LogP contribution in [0, 0.1) is 6.92 Å². The molecule has 0 radical (unpaired) electrons. The Kier molecular flexibility index (Phi) is 5.56. The van der Waals surface area contributed by atoms with Crippen LogP contribution in [-0.4, -0.2) is 27.3 Å². The van der Waals surface area contributed by atoms with Crippen molar-refractivity contribution in [3.63, 3.8) is 0 Å². The molecular weight excluding hydrogens is 421 g/mol. The van der Waals surface area contributed by atoms with Gasteiger partial charge in [-0.15, -0.1) is 0 Å². The first-order valence-corrected chi connectivity index (χ1v) is 9.72. The van der Waals surface area contributed by atoms with Crippen LogP contribution in [-0.2, 0) is 18.0 Å². The number of fused-ring (bicyclic) bond motifs is 1. The largest absolute Gasteiger partial charge is 0.467 e. The van der Waals surface area contributed by atoms with Gasteiger partial charge in [-0.2, -0.15) is 23.3 Å². The summed E-state index contributed by atoms with van der Waals surface area (Å²) in [6.45, 7) is 1.38. The third-order valence-corrected chi connectivity index (χ3v) is 4.78. The van der Waals surface area contributed by atoms with Crippen LogP contribution in [0.15, 0.2) is 60.7 Å². The summed E-state index contributed by atoms with van der Waals surface area (Å²) in [5.41, 5.74) is 1.31. The topological polar surface area (TPSA) is 69.0 Å². The first-order valence-electron chi connectivity index (χ1n) is 9.72. The molecule has 164 valence electrons. The van der Waals surface area contributed by atoms with Crippen molar-refractivity contribution in [2.75, 3.05) is 11.9 Å². The Balaban J connectivity index is 1.66. The molecule has 0 saturated heterocycles. The van der Waals surface area contributed by atoms with Crippen molar-refractivity contribution in [1.82, 2.24) is 14.8 Å². The summed E-state index contributed by atoms with van der Waals surface area (Å²) < 4.78 is 48.4. The number of aryl methyl sites for hydroxylation is 2. The number of ether oxygens (including phenoxy) is 1. The van der Waals surface area contributed by atoms with Gasteiger partial charge < -0.3 is 10.1 Å². The highest BCUT2D eigenvalue weighted by Crippen LogP contribution is 2.40. The van der Waals surface area contributed by atoms with Crippen LogP contribution in [0.4, 0.5) is 18.9 Å². The van der Waals surface area contributed by atoms with E-state index in [1.54, 1.807) is 48.5 Å². The van der Waals surface area contributed by atoms with E-state index >= 15 is 0 Å². The molecule has 1 N–H and O–H groups in total. The second kappa shape index (κ2) is 8.33. The first kappa shape index (κ1) is 21.4. The number of halogens is 3. The second-order valence-corrected chi connectivity index (χ2v) is 7.25. The average Bonchev–Trinajstić information content (AvgIpc) is 3.08. The van der Waals surface area contributed by atoms with E-state index < -0.39 is 24.3 Å². The molecule has 2 aromatic heterocycles. The molecule has 4 rings (SSSR count). The van der Waals surface area contributed by atoms with Gasteiger partial charge in [0.25, 0.3) is 5.91 Å². The number of nitrogens with one attached hydrogen (secondary N) is 1. The summed E-state index contributed by atoms with van der Waals surface area (Å²) >= 11 is 0. The molecule has 4 aromatic rings. The predicted octanol–water partition coefficient (Wildman–Crippen LogP) is 4.98. The number of benzene rings is 2. The number of pyridine rings is 1. The molecule has 0 atom stereocenters. The zero-order valence-electron chi connectivity index (χ0n) is 17.3. The van der Waals surface area contributed by atoms with Crippen molar-refractivity contribution in [3.05, 3.63) is 71.8 Å². The molecule has 2 aromatic carbocycles. The van der Waals surface area contributed by atoms with Crippen LogP contribution in [0.2, 0.25) is 0 Å². The lowest BCUT2D eigenvalue weighted by molar-refractivity contribution is -0.136. The van der Waals surface area contributed by atoms with Crippen molar-refractivity contribution >= 4 is 22.6 Å². The number of hydrogen-bond donors (Lipinski definition) is 1. The van der Waals surface area contributed by atoms with Crippen LogP contribution in [0.5, 0.6) is 5.88 Å². The number of amides is 1. The number of carbonyl (C=O) groups excluding carboxylic acids is 1. The van der Waals surface area contributed by atoms with E-state index in [1.807, 2.05) is 13.0 Å². The van der Waals surface area contributed by atoms with Crippen molar-refractivity contribution in [2.24, 2.45) is 7.05 Å². The number of nitrogens with zero attached hydrogens (tertiary/aromatic N) is 3. The Morgan fingerprint density at radius 2 is 1.84 bits per heavy atom. The number of hydrogen-bond acceptors (Lipinski definition) is 4. The fourth-order valence-electron chi connectivity index (χ4n) is 3.38. The number of aromatic nitrogens is 3. The molecule has 0 aliphatic carbocycles. The molecule has 2 heterocycles. The van der Waals surface area contributed by atoms with Gasteiger partial charge in [0.05, 0.1) is 10.9 Å². The zero-order valence-corrected chi connectivity index (χ0v) is 17.3. The SMILES string of the molecule is Cc1cccc(NC(=O)COc2cc(C(F)(F)F)c3c(-c4ccccc4)nn(C)c3n2)c1. The Morgan fingerprint density at radius 1 is 1.09 bits per heavy atom. The number of carbonyl (C=O) groups is 1. The van der Waals surface area contributed by atoms with E-state index in [0.29, 0.717) is 11.3 Å². The fraction of sp³-hybridized carbons (Fsp3) is 0.174. The van der Waals surface area contributed by atoms with E-state index in [-0.39, 0.29) is 22.6 Å². The van der Waals surface area contributed by atoms with E-state index in [4.69, 9.17) is 4.74 Å². The van der Waals surface area contributed by atoms with E-state index in [9.17, 15) is 18.0 Å². The number of rotatable bonds is 5. The van der Waals surface area contributed by atoms with Gasteiger partial charge in [0.2, 0.25) is 5.88 Å². The van der Waals surface area contributed by atoms with Crippen molar-refractivity contribution in [2.45, 2.75) is 13.1 Å². The molecule has 9 heteroatoms. The number of anilines is 1. The quantitative estimate of drug-likeness (QED) is 0.475. The van der Waals surface area contributed by atoms with Gasteiger partial charge in [-0.25, -0.2) is 4.68 Å². The van der Waals surface area contributed by atoms with Crippen LogP contribution < -0.4 is 10.1 Å². The predicted molar refractivity (Wildman–Crippen MR) is 114 cm³/mol. The molecule has 0 saturated carbocycles. The Morgan fingerprint density at radius 3 is 2.53 bits per heavy atom. The molecule has 1 amide bonds. The monoisotopic (exact) mass is 440 g/mol. The van der Waals surface area contributed by atoms with Crippen LogP contribution in [0.3, 0.4) is 0 Å². The zero-order chi connectivity index (χ0) is 22.9. The minimum atomic E-state index is -4.67. The van der Waals surface area contributed by atoms with E-state index in [2.05, 4.69) is 15.4 Å². The minimum Gasteiger partial charge on any atom is -0.467 e. The van der Waals surface area contributed by atoms with Gasteiger partial charge in [-0.3, -0.25) is 4.79 Å². The summed E-state index contributed by atoms with van der Waals surface area (Å²) in [6, 6.07) is 16.5. The van der Waals surface area contributed by atoms with Gasteiger partial charge in [-0.1, -0.05) is 42.5 Å². The van der Waals surface area contributed by atoms with Gasteiger partial charge in [0, 0.05) is 24.4 Å². The minimum absolute atomic E-state index is 0.00719. The molecular formula is C23H19F3N4O2. The molecule has 0 spiro atoms. The first-order chi connectivity index (χ1) is 15.2. The highest BCUT2D eigenvalue weighted by molar-refractivity contribution is 5.95. The lowest BCUT2D eigenvalue weighted by Crippen LogP contribution is -2.20. The Bertz CT molecular complexity index is 1280. The lowest BCUT2D eigenvalue weighted by atomic mass is 10.0. The number of alkyl halides is 3. The lowest BCUT2D eigenvalue weighted by Gasteiger charge is -2.12. The Labute approximate surface area is 181 Å². The molecule has 6 nitrogen and oxygen atoms in total. The molecule has 0 aliphatic heterocycles. The van der Waals surface area contributed by atoms with Crippen LogP contribution in [0.25, 0.3) is 22.3 Å². The fourth-order valence-corrected chi connectivity index (χ4v) is 3.38. The maximum absolute atomic E-state index is 13.9. The molecule has 0 fully saturated rings. The summed E-state index contributed by atoms with van der Waals surface area (Å²) in [5.74, 6) is -0.826. The normalized spacial score (nSPS) is 11.5. The summed E-state index contributed by atoms with van der Waals surface area (Å²) in [6.07, 6.45) is -4.67. The maximum Gasteiger partial charge on any atom is 0.417 e. The van der Waals surface area contributed by atoms with Crippen LogP contribution in [0.1, 0.15) is 11.1 Å². The third kappa shape index (κ3) is 4.41. The third-order valence-electron chi connectivity index (χ3n) is 4.78. The van der Waals surface area contributed by atoms with Gasteiger partial charge in [-0.05, 0) is 24.6 Å². The van der Waals surface area contributed by atoms with Crippen molar-refractivity contribution in [3.8, 4) is 17.1 Å². The maximum atomic E-state index is 13.9. The van der Waals surface area contributed by atoms with Gasteiger partial charge in [0.1, 0.15) is 5.69 Å². The van der Waals surface area contributed by atoms with Crippen molar-refractivity contribution in [1.29, 1.82) is 0 Å². The standard InChI is InChI=1S/C23H19F3N4O2/c1-14-7-6-10-16(11-14)27-18(31)13-32-19-12-17(23(24,25)26)20-21(15-8-4-3-5-9-15)29-30(2)22(20)28-19/h3-12H,13H2,1-2H3,(H,27,31). The molecule has 0 aliphatic rings. The van der Waals surface area contributed by atoms with Crippen LogP contribution >= 0.6 is 0 Å².